The SMILES string of the molecule is O=[N+]([O-])[O-].O=[N+]([O-])[O-].O=[N+]([O-])[O-].O=[N+]([O-])[O-].O=[N+]([O-])[O-].[ClH2+].[Zr+4]. The molecule has 0 saturated heterocycles. The second kappa shape index (κ2) is 36.2. The van der Waals surface area contributed by atoms with E-state index in [2.05, 4.69) is 0 Å². The summed E-state index contributed by atoms with van der Waals surface area (Å²) in [6, 6.07) is 0. The van der Waals surface area contributed by atoms with Crippen molar-refractivity contribution in [3.63, 3.8) is 0 Å². The first kappa shape index (κ1) is 42.7. The Morgan fingerprint density at radius 3 is 0.364 bits per heavy atom. The number of halogens is 1. The Bertz CT molecular complexity index is 213. The van der Waals surface area contributed by atoms with Gasteiger partial charge in [-0.1, -0.05) is 0 Å². The van der Waals surface area contributed by atoms with E-state index >= 15 is 0 Å². The Hall–Kier alpha value is -2.83. The van der Waals surface area contributed by atoms with Gasteiger partial charge >= 0.3 is 26.2 Å². The maximum Gasteiger partial charge on any atom is 4.00 e. The maximum atomic E-state index is 8.25. The molecular weight excluding hydrogens is 437 g/mol. The smallest absolute Gasteiger partial charge is 0.356 e. The monoisotopic (exact) mass is 437 g/mol. The molecule has 0 N–H and O–H groups in total. The molecule has 0 aromatic heterocycles. The molecule has 0 aliphatic rings. The average Bonchev–Trinajstić information content (AvgIpc) is 1.94. The van der Waals surface area contributed by atoms with Gasteiger partial charge in [0.05, 0.1) is 37.8 Å². The van der Waals surface area contributed by atoms with Crippen molar-refractivity contribution in [1.82, 2.24) is 0 Å². The molecule has 0 atom stereocenters. The van der Waals surface area contributed by atoms with E-state index in [1.54, 1.807) is 0 Å². The molecule has 0 fully saturated rings. The molecule has 0 aliphatic heterocycles. The summed E-state index contributed by atoms with van der Waals surface area (Å²) in [6.07, 6.45) is 0. The summed E-state index contributed by atoms with van der Waals surface area (Å²) in [5.41, 5.74) is 0. The molecule has 0 saturated carbocycles. The van der Waals surface area contributed by atoms with Gasteiger partial charge in [0, 0.05) is 0 Å². The minimum Gasteiger partial charge on any atom is -0.356 e. The second-order valence-corrected chi connectivity index (χ2v) is 1.12. The predicted octanol–water partition coefficient (Wildman–Crippen LogP) is -1.73. The fourth-order valence-corrected chi connectivity index (χ4v) is 0. The molecular formula is H2ClN5O15Zr. The molecule has 0 bridgehead atoms. The van der Waals surface area contributed by atoms with E-state index in [-0.39, 0.29) is 38.6 Å². The van der Waals surface area contributed by atoms with Gasteiger partial charge in [-0.3, -0.25) is 0 Å². The fraction of sp³-hybridized carbons (Fsp3) is 0. The Labute approximate surface area is 141 Å². The first-order valence-electron chi connectivity index (χ1n) is 2.74. The van der Waals surface area contributed by atoms with Crippen molar-refractivity contribution in [2.24, 2.45) is 0 Å². The third-order valence-corrected chi connectivity index (χ3v) is 0. The Balaban J connectivity index is -0.0000000250. The van der Waals surface area contributed by atoms with Gasteiger partial charge in [-0.15, -0.1) is 0 Å². The van der Waals surface area contributed by atoms with Crippen LogP contribution in [0.15, 0.2) is 0 Å². The van der Waals surface area contributed by atoms with Crippen molar-refractivity contribution in [3.8, 4) is 0 Å². The van der Waals surface area contributed by atoms with Crippen LogP contribution in [0.25, 0.3) is 0 Å². The molecule has 0 radical (unpaired) electrons. The summed E-state index contributed by atoms with van der Waals surface area (Å²) < 4.78 is 0. The molecule has 0 rings (SSSR count). The minimum atomic E-state index is -1.75. The van der Waals surface area contributed by atoms with Gasteiger partial charge in [-0.25, -0.2) is 0 Å². The molecule has 0 aromatic carbocycles. The number of hydrogen-bond donors (Lipinski definition) is 0. The Kier molecular flexibility index (Phi) is 70.3. The van der Waals surface area contributed by atoms with E-state index in [0.717, 1.165) is 0 Å². The average molecular weight is 439 g/mol. The number of nitrogens with zero attached hydrogens (tertiary/aromatic N) is 5. The summed E-state index contributed by atoms with van der Waals surface area (Å²) in [7, 11) is 0. The Morgan fingerprint density at radius 2 is 0.364 bits per heavy atom. The van der Waals surface area contributed by atoms with E-state index in [0.29, 0.717) is 0 Å². The molecule has 0 spiro atoms. The normalized spacial score (nSPS) is 5.45. The van der Waals surface area contributed by atoms with E-state index in [1.165, 1.54) is 0 Å². The van der Waals surface area contributed by atoms with Gasteiger partial charge in [0.1, 0.15) is 0 Å². The van der Waals surface area contributed by atoms with Gasteiger partial charge < -0.3 is 76.6 Å². The van der Waals surface area contributed by atoms with Crippen molar-refractivity contribution in [2.75, 3.05) is 0 Å². The van der Waals surface area contributed by atoms with Crippen molar-refractivity contribution in [1.29, 1.82) is 0 Å². The van der Waals surface area contributed by atoms with E-state index in [9.17, 15) is 0 Å². The van der Waals surface area contributed by atoms with Crippen LogP contribution in [0.3, 0.4) is 0 Å². The van der Waals surface area contributed by atoms with Gasteiger partial charge in [0.25, 0.3) is 0 Å². The van der Waals surface area contributed by atoms with E-state index in [1.807, 2.05) is 0 Å². The van der Waals surface area contributed by atoms with Crippen LogP contribution in [0.5, 0.6) is 0 Å². The zero-order valence-electron chi connectivity index (χ0n) is 9.31. The largest absolute Gasteiger partial charge is 4.00 e. The minimum absolute atomic E-state index is 0. The topological polar surface area (TPSA) is 331 Å². The first-order chi connectivity index (χ1) is 8.66. The van der Waals surface area contributed by atoms with Crippen molar-refractivity contribution >= 4 is 0 Å². The van der Waals surface area contributed by atoms with Crippen LogP contribution in [-0.2, 0) is 26.2 Å². The molecule has 0 aromatic rings. The second-order valence-electron chi connectivity index (χ2n) is 1.12. The molecule has 0 amide bonds. The maximum absolute atomic E-state index is 8.25. The predicted molar refractivity (Wildman–Crippen MR) is 54.6 cm³/mol. The summed E-state index contributed by atoms with van der Waals surface area (Å²) in [4.78, 5) is 41.2. The van der Waals surface area contributed by atoms with Gasteiger partial charge in [0.2, 0.25) is 0 Å². The zero-order valence-corrected chi connectivity index (χ0v) is 12.7. The van der Waals surface area contributed by atoms with Crippen LogP contribution in [-0.4, -0.2) is 25.4 Å². The van der Waals surface area contributed by atoms with Gasteiger partial charge in [-0.2, -0.15) is 0 Å². The quantitative estimate of drug-likeness (QED) is 0.299. The third kappa shape index (κ3) is 562. The molecule has 0 unspecified atom stereocenters. The van der Waals surface area contributed by atoms with E-state index in [4.69, 9.17) is 76.6 Å². The number of rotatable bonds is 0. The van der Waals surface area contributed by atoms with Crippen LogP contribution >= 0.6 is 0 Å². The summed E-state index contributed by atoms with van der Waals surface area (Å²) in [5.74, 6) is 0. The summed E-state index contributed by atoms with van der Waals surface area (Å²) in [6.45, 7) is 0. The molecule has 0 aliphatic carbocycles. The summed E-state index contributed by atoms with van der Waals surface area (Å²) in [5, 5.41) is 73.8. The first-order valence-corrected chi connectivity index (χ1v) is 2.74. The van der Waals surface area contributed by atoms with Crippen molar-refractivity contribution < 1.29 is 64.0 Å². The number of hydrogen-bond acceptors (Lipinski definition) is 15. The zero-order chi connectivity index (χ0) is 17.9. The molecule has 128 valence electrons. The van der Waals surface area contributed by atoms with Crippen LogP contribution in [0, 0.1) is 89.0 Å². The standard InChI is InChI=1S/ClH2.5NO3.Zr/c;5*2-1(3)4;/h1H2;;;;;;/q+1;5*-1;+4. The Morgan fingerprint density at radius 1 is 0.364 bits per heavy atom. The van der Waals surface area contributed by atoms with Gasteiger partial charge in [0.15, 0.2) is 0 Å². The van der Waals surface area contributed by atoms with Crippen molar-refractivity contribution in [2.45, 2.75) is 0 Å². The van der Waals surface area contributed by atoms with Crippen molar-refractivity contribution in [3.05, 3.63) is 76.6 Å². The van der Waals surface area contributed by atoms with Crippen LogP contribution in [0.2, 0.25) is 0 Å². The molecule has 0 heterocycles. The fourth-order valence-electron chi connectivity index (χ4n) is 0. The van der Waals surface area contributed by atoms with Gasteiger partial charge in [-0.05, 0) is 0 Å². The van der Waals surface area contributed by atoms with Crippen LogP contribution < -0.4 is 0 Å². The van der Waals surface area contributed by atoms with Crippen LogP contribution in [0.4, 0.5) is 0 Å². The third-order valence-electron chi connectivity index (χ3n) is 0. The molecule has 22 heteroatoms. The van der Waals surface area contributed by atoms with E-state index < -0.39 is 25.4 Å². The molecule has 20 nitrogen and oxygen atoms in total. The summed E-state index contributed by atoms with van der Waals surface area (Å²) >= 11 is 0. The molecule has 22 heavy (non-hydrogen) atoms. The van der Waals surface area contributed by atoms with Crippen LogP contribution in [0.1, 0.15) is 0 Å².